The summed E-state index contributed by atoms with van der Waals surface area (Å²) < 4.78 is 39.2. The predicted octanol–water partition coefficient (Wildman–Crippen LogP) is 3.33. The third-order valence-corrected chi connectivity index (χ3v) is 4.33. The van der Waals surface area contributed by atoms with Crippen LogP contribution in [0.2, 0.25) is 0 Å². The first-order valence-electron chi connectivity index (χ1n) is 7.92. The molecule has 0 aliphatic carbocycles. The number of nitrogens with two attached hydrogens (primary N) is 1. The Labute approximate surface area is 149 Å². The lowest BCUT2D eigenvalue weighted by molar-refractivity contribution is -0.116. The molecule has 2 N–H and O–H groups in total. The van der Waals surface area contributed by atoms with E-state index in [4.69, 9.17) is 15.7 Å². The summed E-state index contributed by atoms with van der Waals surface area (Å²) in [5.41, 5.74) is 5.38. The van der Waals surface area contributed by atoms with Gasteiger partial charge in [0.2, 0.25) is 0 Å². The van der Waals surface area contributed by atoms with E-state index in [1.807, 2.05) is 6.07 Å². The predicted molar refractivity (Wildman–Crippen MR) is 91.8 cm³/mol. The fraction of sp³-hybridized carbons (Fsp3) is 0.263. The van der Waals surface area contributed by atoms with Gasteiger partial charge in [-0.25, -0.2) is 4.99 Å². The summed E-state index contributed by atoms with van der Waals surface area (Å²) in [5.74, 6) is -2.77. The van der Waals surface area contributed by atoms with E-state index in [9.17, 15) is 8.78 Å². The summed E-state index contributed by atoms with van der Waals surface area (Å²) >= 11 is 0. The molecule has 134 valence electrons. The Hall–Kier alpha value is -3.14. The van der Waals surface area contributed by atoms with E-state index in [2.05, 4.69) is 9.73 Å². The Kier molecular flexibility index (Phi) is 4.51. The van der Waals surface area contributed by atoms with Gasteiger partial charge in [-0.15, -0.1) is 0 Å². The topological polar surface area (TPSA) is 80.6 Å². The first-order valence-corrected chi connectivity index (χ1v) is 7.92. The maximum atomic E-state index is 14.4. The van der Waals surface area contributed by atoms with Crippen LogP contribution >= 0.6 is 0 Å². The van der Waals surface area contributed by atoms with Crippen LogP contribution in [0.3, 0.4) is 0 Å². The average molecular weight is 357 g/mol. The van der Waals surface area contributed by atoms with Crippen molar-refractivity contribution in [3.63, 3.8) is 0 Å². The number of ether oxygens (including phenoxy) is 2. The van der Waals surface area contributed by atoms with E-state index in [1.165, 1.54) is 13.0 Å². The maximum absolute atomic E-state index is 14.4. The molecule has 2 aromatic carbocycles. The SMILES string of the molecule is C[C@]1(c2cccc(OCc3ccc(C#N)cc3)c2)N=C(N)OCC1(F)F. The molecule has 5 nitrogen and oxygen atoms in total. The van der Waals surface area contributed by atoms with Gasteiger partial charge in [-0.2, -0.15) is 14.0 Å². The molecule has 0 unspecified atom stereocenters. The molecule has 7 heteroatoms. The fourth-order valence-electron chi connectivity index (χ4n) is 2.65. The van der Waals surface area contributed by atoms with Crippen LogP contribution in [-0.2, 0) is 16.9 Å². The quantitative estimate of drug-likeness (QED) is 0.910. The largest absolute Gasteiger partial charge is 0.489 e. The summed E-state index contributed by atoms with van der Waals surface area (Å²) in [6, 6.07) is 15.1. The smallest absolute Gasteiger partial charge is 0.310 e. The molecule has 1 heterocycles. The van der Waals surface area contributed by atoms with Crippen molar-refractivity contribution in [1.29, 1.82) is 5.26 Å². The summed E-state index contributed by atoms with van der Waals surface area (Å²) in [4.78, 5) is 3.85. The molecule has 0 radical (unpaired) electrons. The lowest BCUT2D eigenvalue weighted by Gasteiger charge is -2.37. The minimum absolute atomic E-state index is 0.247. The summed E-state index contributed by atoms with van der Waals surface area (Å²) in [7, 11) is 0. The lowest BCUT2D eigenvalue weighted by Crippen LogP contribution is -2.50. The third-order valence-electron chi connectivity index (χ3n) is 4.33. The van der Waals surface area contributed by atoms with Gasteiger partial charge in [0.1, 0.15) is 12.4 Å². The Bertz CT molecular complexity index is 875. The minimum Gasteiger partial charge on any atom is -0.489 e. The molecule has 0 amide bonds. The Morgan fingerprint density at radius 2 is 2.00 bits per heavy atom. The van der Waals surface area contributed by atoms with Crippen LogP contribution in [0.1, 0.15) is 23.6 Å². The van der Waals surface area contributed by atoms with Gasteiger partial charge in [0, 0.05) is 0 Å². The number of benzene rings is 2. The normalized spacial score (nSPS) is 21.2. The zero-order chi connectivity index (χ0) is 18.8. The first kappa shape index (κ1) is 17.7. The van der Waals surface area contributed by atoms with E-state index in [-0.39, 0.29) is 18.2 Å². The van der Waals surface area contributed by atoms with E-state index < -0.39 is 18.1 Å². The molecular weight excluding hydrogens is 340 g/mol. The zero-order valence-corrected chi connectivity index (χ0v) is 14.1. The average Bonchev–Trinajstić information content (AvgIpc) is 2.64. The van der Waals surface area contributed by atoms with Crippen molar-refractivity contribution < 1.29 is 18.3 Å². The van der Waals surface area contributed by atoms with Gasteiger partial charge in [0.25, 0.3) is 6.02 Å². The van der Waals surface area contributed by atoms with Gasteiger partial charge in [-0.05, 0) is 42.3 Å². The second kappa shape index (κ2) is 6.64. The van der Waals surface area contributed by atoms with Gasteiger partial charge in [0.15, 0.2) is 12.1 Å². The summed E-state index contributed by atoms with van der Waals surface area (Å²) in [6.45, 7) is 0.744. The van der Waals surface area contributed by atoms with Crippen molar-refractivity contribution in [1.82, 2.24) is 0 Å². The molecular formula is C19H17F2N3O2. The van der Waals surface area contributed by atoms with E-state index >= 15 is 0 Å². The number of hydrogen-bond donors (Lipinski definition) is 1. The molecule has 0 saturated carbocycles. The molecule has 0 spiro atoms. The molecule has 1 atom stereocenters. The molecule has 0 aromatic heterocycles. The monoisotopic (exact) mass is 357 g/mol. The van der Waals surface area contributed by atoms with Gasteiger partial charge in [-0.3, -0.25) is 0 Å². The van der Waals surface area contributed by atoms with Gasteiger partial charge < -0.3 is 15.2 Å². The van der Waals surface area contributed by atoms with Gasteiger partial charge in [0.05, 0.1) is 11.6 Å². The van der Waals surface area contributed by atoms with Crippen LogP contribution in [0.15, 0.2) is 53.5 Å². The highest BCUT2D eigenvalue weighted by Gasteiger charge is 2.55. The van der Waals surface area contributed by atoms with E-state index in [1.54, 1.807) is 42.5 Å². The molecule has 26 heavy (non-hydrogen) atoms. The summed E-state index contributed by atoms with van der Waals surface area (Å²) in [5, 5.41) is 8.81. The highest BCUT2D eigenvalue weighted by molar-refractivity contribution is 5.73. The molecule has 0 fully saturated rings. The Morgan fingerprint density at radius 3 is 2.69 bits per heavy atom. The molecule has 0 bridgehead atoms. The molecule has 1 aliphatic rings. The minimum atomic E-state index is -3.21. The highest BCUT2D eigenvalue weighted by Crippen LogP contribution is 2.44. The lowest BCUT2D eigenvalue weighted by atomic mass is 9.85. The second-order valence-corrected chi connectivity index (χ2v) is 6.14. The number of amidine groups is 1. The van der Waals surface area contributed by atoms with E-state index in [0.717, 1.165) is 5.56 Å². The third kappa shape index (κ3) is 3.31. The standard InChI is InChI=1S/C19H17F2N3O2/c1-18(19(20,21)12-26-17(23)24-18)15-3-2-4-16(9-15)25-11-14-7-5-13(10-22)6-8-14/h2-9H,11-12H2,1H3,(H2,23,24)/t18-/m1/s1. The Balaban J connectivity index is 1.81. The zero-order valence-electron chi connectivity index (χ0n) is 14.1. The molecule has 2 aromatic rings. The van der Waals surface area contributed by atoms with Crippen LogP contribution in [0.4, 0.5) is 8.78 Å². The number of halogens is 2. The fourth-order valence-corrected chi connectivity index (χ4v) is 2.65. The maximum Gasteiger partial charge on any atom is 0.310 e. The number of nitrogens with zero attached hydrogens (tertiary/aromatic N) is 2. The van der Waals surface area contributed by atoms with E-state index in [0.29, 0.717) is 11.3 Å². The van der Waals surface area contributed by atoms with Crippen molar-refractivity contribution >= 4 is 6.02 Å². The number of alkyl halides is 2. The summed E-state index contributed by atoms with van der Waals surface area (Å²) in [6.07, 6.45) is 0. The van der Waals surface area contributed by atoms with Gasteiger partial charge in [-0.1, -0.05) is 24.3 Å². The van der Waals surface area contributed by atoms with Crippen LogP contribution in [0, 0.1) is 11.3 Å². The number of nitriles is 1. The van der Waals surface area contributed by atoms with Crippen molar-refractivity contribution in [2.75, 3.05) is 6.61 Å². The van der Waals surface area contributed by atoms with Crippen LogP contribution in [0.25, 0.3) is 0 Å². The van der Waals surface area contributed by atoms with Crippen molar-refractivity contribution in [2.24, 2.45) is 10.7 Å². The van der Waals surface area contributed by atoms with Gasteiger partial charge >= 0.3 is 5.92 Å². The van der Waals surface area contributed by atoms with Crippen LogP contribution < -0.4 is 10.5 Å². The highest BCUT2D eigenvalue weighted by atomic mass is 19.3. The number of rotatable bonds is 4. The van der Waals surface area contributed by atoms with Crippen LogP contribution in [0.5, 0.6) is 5.75 Å². The van der Waals surface area contributed by atoms with Crippen molar-refractivity contribution in [3.05, 3.63) is 65.2 Å². The molecule has 0 saturated heterocycles. The van der Waals surface area contributed by atoms with Crippen molar-refractivity contribution in [3.8, 4) is 11.8 Å². The first-order chi connectivity index (χ1) is 12.3. The second-order valence-electron chi connectivity index (χ2n) is 6.14. The molecule has 1 aliphatic heterocycles. The number of aliphatic imine (C=N–C) groups is 1. The Morgan fingerprint density at radius 1 is 1.27 bits per heavy atom. The molecule has 3 rings (SSSR count). The number of hydrogen-bond acceptors (Lipinski definition) is 5. The van der Waals surface area contributed by atoms with Crippen molar-refractivity contribution in [2.45, 2.75) is 25.0 Å². The van der Waals surface area contributed by atoms with Crippen LogP contribution in [-0.4, -0.2) is 18.6 Å².